The summed E-state index contributed by atoms with van der Waals surface area (Å²) in [5, 5.41) is 0.423. The van der Waals surface area contributed by atoms with Crippen LogP contribution >= 0.6 is 68.1 Å². The number of benzene rings is 3. The van der Waals surface area contributed by atoms with Crippen LogP contribution in [0.25, 0.3) is 6.08 Å². The van der Waals surface area contributed by atoms with Crippen molar-refractivity contribution >= 4 is 86.1 Å². The van der Waals surface area contributed by atoms with Crippen LogP contribution in [-0.4, -0.2) is 29.7 Å². The van der Waals surface area contributed by atoms with Crippen LogP contribution in [0.15, 0.2) is 81.7 Å². The average Bonchev–Trinajstić information content (AvgIpc) is 3.30. The number of fused-ring (bicyclic) bond motifs is 1. The smallest absolute Gasteiger partial charge is 0.338 e. The second kappa shape index (κ2) is 14.6. The maximum absolute atomic E-state index is 14.1. The molecular weight excluding hydrogens is 842 g/mol. The number of esters is 2. The van der Waals surface area contributed by atoms with Crippen LogP contribution in [0, 0.1) is 7.14 Å². The van der Waals surface area contributed by atoms with Gasteiger partial charge >= 0.3 is 11.9 Å². The molecule has 0 amide bonds. The molecule has 0 radical (unpaired) electrons. The molecule has 5 rings (SSSR count). The molecule has 1 atom stereocenters. The number of aromatic nitrogens is 1. The Kier molecular flexibility index (Phi) is 10.8. The highest BCUT2D eigenvalue weighted by Gasteiger charge is 2.34. The number of ether oxygens (including phenoxy) is 3. The number of carbonyl (C=O) groups is 2. The molecule has 0 fully saturated rings. The van der Waals surface area contributed by atoms with E-state index in [1.54, 1.807) is 57.2 Å². The van der Waals surface area contributed by atoms with Crippen molar-refractivity contribution in [2.24, 2.45) is 4.99 Å². The number of carbonyl (C=O) groups excluding carboxylic acids is 2. The Morgan fingerprint density at radius 2 is 1.71 bits per heavy atom. The monoisotopic (exact) mass is 868 g/mol. The molecular formula is C33H27ClI2N2O6S. The van der Waals surface area contributed by atoms with E-state index in [1.165, 1.54) is 15.9 Å². The summed E-state index contributed by atoms with van der Waals surface area (Å²) < 4.78 is 20.5. The number of rotatable bonds is 9. The van der Waals surface area contributed by atoms with Gasteiger partial charge in [0.25, 0.3) is 5.56 Å². The second-order valence-corrected chi connectivity index (χ2v) is 13.7. The minimum atomic E-state index is -0.805. The van der Waals surface area contributed by atoms with Crippen LogP contribution in [0.3, 0.4) is 0 Å². The van der Waals surface area contributed by atoms with Gasteiger partial charge in [0.05, 0.1) is 38.1 Å². The quantitative estimate of drug-likeness (QED) is 0.143. The molecule has 3 aromatic carbocycles. The first-order valence-electron chi connectivity index (χ1n) is 13.9. The van der Waals surface area contributed by atoms with Crippen LogP contribution in [0.2, 0.25) is 5.02 Å². The fourth-order valence-electron chi connectivity index (χ4n) is 4.87. The van der Waals surface area contributed by atoms with Crippen LogP contribution in [0.1, 0.15) is 53.9 Å². The number of thiazole rings is 1. The van der Waals surface area contributed by atoms with E-state index in [9.17, 15) is 14.4 Å². The van der Waals surface area contributed by atoms with E-state index in [-0.39, 0.29) is 30.3 Å². The number of halogens is 3. The first-order chi connectivity index (χ1) is 21.6. The molecule has 0 bridgehead atoms. The van der Waals surface area contributed by atoms with Gasteiger partial charge in [-0.15, -0.1) is 0 Å². The largest absolute Gasteiger partial charge is 0.487 e. The lowest BCUT2D eigenvalue weighted by Crippen LogP contribution is -2.40. The van der Waals surface area contributed by atoms with E-state index >= 15 is 0 Å². The lowest BCUT2D eigenvalue weighted by atomic mass is 9.96. The lowest BCUT2D eigenvalue weighted by Gasteiger charge is -2.25. The number of hydrogen-bond acceptors (Lipinski definition) is 8. The molecule has 0 N–H and O–H groups in total. The zero-order valence-corrected chi connectivity index (χ0v) is 30.3. The molecule has 0 spiro atoms. The van der Waals surface area contributed by atoms with Crippen molar-refractivity contribution in [3.05, 3.63) is 126 Å². The zero-order valence-electron chi connectivity index (χ0n) is 24.4. The molecule has 45 heavy (non-hydrogen) atoms. The summed E-state index contributed by atoms with van der Waals surface area (Å²) >= 11 is 12.3. The third-order valence-electron chi connectivity index (χ3n) is 6.89. The highest BCUT2D eigenvalue weighted by Crippen LogP contribution is 2.35. The van der Waals surface area contributed by atoms with Gasteiger partial charge in [0.15, 0.2) is 4.80 Å². The molecule has 232 valence electrons. The van der Waals surface area contributed by atoms with Gasteiger partial charge in [-0.2, -0.15) is 0 Å². The summed E-state index contributed by atoms with van der Waals surface area (Å²) in [5.41, 5.74) is 3.08. The molecule has 4 aromatic rings. The van der Waals surface area contributed by atoms with Crippen molar-refractivity contribution in [2.75, 3.05) is 13.2 Å². The van der Waals surface area contributed by atoms with Gasteiger partial charge in [0, 0.05) is 14.2 Å². The number of allylic oxidation sites excluding steroid dienone is 1. The van der Waals surface area contributed by atoms with Crippen LogP contribution in [-0.2, 0) is 20.9 Å². The normalized spacial score (nSPS) is 14.5. The van der Waals surface area contributed by atoms with Crippen molar-refractivity contribution in [1.29, 1.82) is 0 Å². The second-order valence-electron chi connectivity index (χ2n) is 9.84. The van der Waals surface area contributed by atoms with Crippen molar-refractivity contribution < 1.29 is 23.8 Å². The predicted octanol–water partition coefficient (Wildman–Crippen LogP) is 6.42. The molecule has 12 heteroatoms. The average molecular weight is 869 g/mol. The SMILES string of the molecule is CCOC(=O)C1=C(C)N=c2s/c(=C\c3cc(I)cc(I)c3OCc3ccc(C(=O)OCC)cc3)c(=O)n2[C@@H]1c1ccccc1Cl. The van der Waals surface area contributed by atoms with E-state index in [0.29, 0.717) is 43.5 Å². The van der Waals surface area contributed by atoms with E-state index in [4.69, 9.17) is 25.8 Å². The van der Waals surface area contributed by atoms with Crippen LogP contribution < -0.4 is 19.6 Å². The highest BCUT2D eigenvalue weighted by atomic mass is 127. The van der Waals surface area contributed by atoms with Gasteiger partial charge < -0.3 is 14.2 Å². The molecule has 1 aliphatic rings. The lowest BCUT2D eigenvalue weighted by molar-refractivity contribution is -0.139. The molecule has 8 nitrogen and oxygen atoms in total. The molecule has 2 heterocycles. The summed E-state index contributed by atoms with van der Waals surface area (Å²) in [4.78, 5) is 44.4. The molecule has 0 aliphatic carbocycles. The fourth-order valence-corrected chi connectivity index (χ4v) is 8.19. The van der Waals surface area contributed by atoms with Gasteiger partial charge in [0.1, 0.15) is 18.4 Å². The maximum atomic E-state index is 14.1. The zero-order chi connectivity index (χ0) is 32.2. The standard InChI is InChI=1S/C33H27ClI2N2O6S/c1-4-42-31(40)20-12-10-19(11-13-20)17-44-29-21(14-22(35)16-25(29)36)15-26-30(39)38-28(23-8-6-7-9-24(23)34)27(32(41)43-5-2)18(3)37-33(38)45-26/h6-16,28H,4-5,17H2,1-3H3/b26-15-/t28-/m1/s1. The van der Waals surface area contributed by atoms with Gasteiger partial charge in [-0.1, -0.05) is 53.3 Å². The first-order valence-corrected chi connectivity index (χ1v) is 17.3. The van der Waals surface area contributed by atoms with E-state index in [1.807, 2.05) is 30.3 Å². The van der Waals surface area contributed by atoms with Crippen molar-refractivity contribution in [3.8, 4) is 5.75 Å². The van der Waals surface area contributed by atoms with Gasteiger partial charge in [-0.05, 0) is 113 Å². The Morgan fingerprint density at radius 3 is 2.40 bits per heavy atom. The maximum Gasteiger partial charge on any atom is 0.338 e. The Balaban J connectivity index is 1.57. The Morgan fingerprint density at radius 1 is 1.02 bits per heavy atom. The van der Waals surface area contributed by atoms with Crippen LogP contribution in [0.5, 0.6) is 5.75 Å². The summed E-state index contributed by atoms with van der Waals surface area (Å²) in [7, 11) is 0. The van der Waals surface area contributed by atoms with Gasteiger partial charge in [0.2, 0.25) is 0 Å². The van der Waals surface area contributed by atoms with E-state index < -0.39 is 12.0 Å². The summed E-state index contributed by atoms with van der Waals surface area (Å²) in [6.07, 6.45) is 1.79. The Labute approximate surface area is 295 Å². The highest BCUT2D eigenvalue weighted by molar-refractivity contribution is 14.1. The Bertz CT molecular complexity index is 2000. The number of nitrogens with zero attached hydrogens (tertiary/aromatic N) is 2. The van der Waals surface area contributed by atoms with Gasteiger partial charge in [-0.25, -0.2) is 14.6 Å². The minimum Gasteiger partial charge on any atom is -0.487 e. The van der Waals surface area contributed by atoms with E-state index in [0.717, 1.165) is 18.3 Å². The fraction of sp³-hybridized carbons (Fsp3) is 0.212. The Hall–Kier alpha value is -3.01. The molecule has 1 aliphatic heterocycles. The number of hydrogen-bond donors (Lipinski definition) is 0. The van der Waals surface area contributed by atoms with Crippen molar-refractivity contribution in [1.82, 2.24) is 4.57 Å². The van der Waals surface area contributed by atoms with Gasteiger partial charge in [-0.3, -0.25) is 9.36 Å². The van der Waals surface area contributed by atoms with Crippen molar-refractivity contribution in [3.63, 3.8) is 0 Å². The summed E-state index contributed by atoms with van der Waals surface area (Å²) in [6.45, 7) is 5.97. The third kappa shape index (κ3) is 7.21. The van der Waals surface area contributed by atoms with Crippen LogP contribution in [0.4, 0.5) is 0 Å². The predicted molar refractivity (Wildman–Crippen MR) is 190 cm³/mol. The third-order valence-corrected chi connectivity index (χ3v) is 9.64. The molecule has 0 saturated heterocycles. The minimum absolute atomic E-state index is 0.179. The topological polar surface area (TPSA) is 96.2 Å². The molecule has 0 unspecified atom stereocenters. The summed E-state index contributed by atoms with van der Waals surface area (Å²) in [5.74, 6) is -0.305. The van der Waals surface area contributed by atoms with Crippen molar-refractivity contribution in [2.45, 2.75) is 33.4 Å². The van der Waals surface area contributed by atoms with E-state index in [2.05, 4.69) is 50.2 Å². The first kappa shape index (κ1) is 33.4. The molecule has 0 saturated carbocycles. The molecule has 1 aromatic heterocycles. The summed E-state index contributed by atoms with van der Waals surface area (Å²) in [6, 6.07) is 17.3.